The van der Waals surface area contributed by atoms with Crippen LogP contribution in [0.25, 0.3) is 0 Å². The van der Waals surface area contributed by atoms with Crippen molar-refractivity contribution in [1.82, 2.24) is 15.0 Å². The van der Waals surface area contributed by atoms with Crippen molar-refractivity contribution in [3.8, 4) is 0 Å². The third-order valence-electron chi connectivity index (χ3n) is 2.76. The molecule has 0 atom stereocenters. The molecule has 0 aliphatic carbocycles. The van der Waals surface area contributed by atoms with E-state index >= 15 is 0 Å². The van der Waals surface area contributed by atoms with Gasteiger partial charge in [0.25, 0.3) is 0 Å². The van der Waals surface area contributed by atoms with Gasteiger partial charge in [0.1, 0.15) is 0 Å². The summed E-state index contributed by atoms with van der Waals surface area (Å²) in [6, 6.07) is 0. The zero-order valence-electron chi connectivity index (χ0n) is 12.1. The van der Waals surface area contributed by atoms with Crippen LogP contribution in [0.2, 0.25) is 0 Å². The van der Waals surface area contributed by atoms with Crippen LogP contribution in [0.1, 0.15) is 13.8 Å². The molecule has 3 N–H and O–H groups in total. The summed E-state index contributed by atoms with van der Waals surface area (Å²) in [6.07, 6.45) is 0. The second-order valence-corrected chi connectivity index (χ2v) is 3.99. The first-order valence-corrected chi connectivity index (χ1v) is 6.33. The van der Waals surface area contributed by atoms with Crippen molar-refractivity contribution in [2.45, 2.75) is 13.8 Å². The monoisotopic (exact) mass is 269 g/mol. The van der Waals surface area contributed by atoms with E-state index in [1.54, 1.807) is 7.11 Å². The van der Waals surface area contributed by atoms with Gasteiger partial charge < -0.3 is 14.5 Å². The van der Waals surface area contributed by atoms with Gasteiger partial charge in [0.15, 0.2) is 0 Å². The highest BCUT2D eigenvalue weighted by molar-refractivity contribution is 5.44. The Balaban J connectivity index is 3.00. The lowest BCUT2D eigenvalue weighted by atomic mass is 10.5. The zero-order valence-corrected chi connectivity index (χ0v) is 12.1. The molecule has 0 bridgehead atoms. The number of anilines is 3. The maximum atomic E-state index is 5.41. The summed E-state index contributed by atoms with van der Waals surface area (Å²) in [4.78, 5) is 16.9. The fraction of sp³-hybridized carbons (Fsp3) is 0.727. The standard InChI is InChI=1S/C11H23N7O/c1-5-18(6-2)11-14-9(16-12)13-10(15-11)17(3)7-8-19-4/h5-8,12H2,1-4H3,(H,13,14,15,16). The smallest absolute Gasteiger partial charge is 0.243 e. The molecule has 0 unspecified atom stereocenters. The number of hydrogen-bond acceptors (Lipinski definition) is 8. The molecule has 8 heteroatoms. The van der Waals surface area contributed by atoms with E-state index in [4.69, 9.17) is 10.6 Å². The summed E-state index contributed by atoms with van der Waals surface area (Å²) in [6.45, 7) is 7.06. The molecule has 8 nitrogen and oxygen atoms in total. The van der Waals surface area contributed by atoms with Crippen molar-refractivity contribution in [2.75, 3.05) is 55.6 Å². The molecule has 0 radical (unpaired) electrons. The van der Waals surface area contributed by atoms with Crippen molar-refractivity contribution in [3.63, 3.8) is 0 Å². The van der Waals surface area contributed by atoms with Crippen molar-refractivity contribution >= 4 is 17.8 Å². The fourth-order valence-electron chi connectivity index (χ4n) is 1.57. The SMILES string of the molecule is CCN(CC)c1nc(NN)nc(N(C)CCOC)n1. The number of aromatic nitrogens is 3. The minimum Gasteiger partial charge on any atom is -0.383 e. The lowest BCUT2D eigenvalue weighted by Crippen LogP contribution is -2.29. The molecular formula is C11H23N7O. The molecule has 0 fully saturated rings. The number of rotatable bonds is 8. The Hall–Kier alpha value is -1.67. The van der Waals surface area contributed by atoms with Gasteiger partial charge in [-0.2, -0.15) is 15.0 Å². The predicted octanol–water partition coefficient (Wildman–Crippen LogP) is 0.0860. The van der Waals surface area contributed by atoms with Gasteiger partial charge in [-0.15, -0.1) is 0 Å². The molecule has 19 heavy (non-hydrogen) atoms. The largest absolute Gasteiger partial charge is 0.383 e. The highest BCUT2D eigenvalue weighted by Gasteiger charge is 2.13. The molecule has 0 spiro atoms. The highest BCUT2D eigenvalue weighted by Crippen LogP contribution is 2.15. The molecule has 0 saturated carbocycles. The Morgan fingerprint density at radius 2 is 1.79 bits per heavy atom. The normalized spacial score (nSPS) is 10.4. The number of nitrogens with zero attached hydrogens (tertiary/aromatic N) is 5. The number of methoxy groups -OCH3 is 1. The number of nitrogens with two attached hydrogens (primary N) is 1. The number of nitrogens with one attached hydrogen (secondary N) is 1. The highest BCUT2D eigenvalue weighted by atomic mass is 16.5. The van der Waals surface area contributed by atoms with Gasteiger partial charge in [0.2, 0.25) is 17.8 Å². The van der Waals surface area contributed by atoms with E-state index < -0.39 is 0 Å². The predicted molar refractivity (Wildman–Crippen MR) is 76.3 cm³/mol. The Kier molecular flexibility index (Phi) is 6.23. The maximum Gasteiger partial charge on any atom is 0.243 e. The Labute approximate surface area is 114 Å². The first-order valence-electron chi connectivity index (χ1n) is 6.33. The summed E-state index contributed by atoms with van der Waals surface area (Å²) in [5.41, 5.74) is 2.47. The Morgan fingerprint density at radius 1 is 1.16 bits per heavy atom. The molecule has 1 aromatic rings. The van der Waals surface area contributed by atoms with Crippen LogP contribution in [0.4, 0.5) is 17.8 Å². The van der Waals surface area contributed by atoms with E-state index in [0.29, 0.717) is 31.0 Å². The topological polar surface area (TPSA) is 92.4 Å². The third-order valence-corrected chi connectivity index (χ3v) is 2.76. The third kappa shape index (κ3) is 4.18. The minimum absolute atomic E-state index is 0.358. The van der Waals surface area contributed by atoms with E-state index in [-0.39, 0.29) is 0 Å². The molecule has 1 rings (SSSR count). The molecule has 108 valence electrons. The maximum absolute atomic E-state index is 5.41. The van der Waals surface area contributed by atoms with Crippen LogP contribution >= 0.6 is 0 Å². The quantitative estimate of drug-likeness (QED) is 0.506. The van der Waals surface area contributed by atoms with E-state index in [1.807, 2.05) is 16.8 Å². The lowest BCUT2D eigenvalue weighted by Gasteiger charge is -2.22. The van der Waals surface area contributed by atoms with Crippen LogP contribution in [0.3, 0.4) is 0 Å². The molecule has 0 saturated heterocycles. The summed E-state index contributed by atoms with van der Waals surface area (Å²) >= 11 is 0. The van der Waals surface area contributed by atoms with Gasteiger partial charge in [-0.1, -0.05) is 0 Å². The first kappa shape index (κ1) is 15.4. The van der Waals surface area contributed by atoms with Gasteiger partial charge in [0.05, 0.1) is 6.61 Å². The van der Waals surface area contributed by atoms with Gasteiger partial charge in [-0.05, 0) is 13.8 Å². The molecule has 0 aliphatic heterocycles. The van der Waals surface area contributed by atoms with Gasteiger partial charge in [0, 0.05) is 33.8 Å². The Morgan fingerprint density at radius 3 is 2.32 bits per heavy atom. The van der Waals surface area contributed by atoms with E-state index in [0.717, 1.165) is 13.1 Å². The van der Waals surface area contributed by atoms with Crippen LogP contribution < -0.4 is 21.1 Å². The van der Waals surface area contributed by atoms with E-state index in [9.17, 15) is 0 Å². The number of hydrogen-bond donors (Lipinski definition) is 2. The van der Waals surface area contributed by atoms with E-state index in [2.05, 4.69) is 34.2 Å². The second-order valence-electron chi connectivity index (χ2n) is 3.99. The van der Waals surface area contributed by atoms with Crippen molar-refractivity contribution < 1.29 is 4.74 Å². The number of nitrogen functional groups attached to an aromatic ring is 1. The first-order chi connectivity index (χ1) is 9.15. The summed E-state index contributed by atoms with van der Waals surface area (Å²) < 4.78 is 5.05. The number of hydrazine groups is 1. The summed E-state index contributed by atoms with van der Waals surface area (Å²) in [7, 11) is 3.57. The van der Waals surface area contributed by atoms with Gasteiger partial charge in [-0.3, -0.25) is 5.43 Å². The summed E-state index contributed by atoms with van der Waals surface area (Å²) in [5.74, 6) is 6.95. The van der Waals surface area contributed by atoms with Crippen LogP contribution in [0.5, 0.6) is 0 Å². The van der Waals surface area contributed by atoms with Crippen LogP contribution in [-0.4, -0.2) is 55.4 Å². The summed E-state index contributed by atoms with van der Waals surface area (Å²) in [5, 5.41) is 0. The number of ether oxygens (including phenoxy) is 1. The van der Waals surface area contributed by atoms with Gasteiger partial charge in [-0.25, -0.2) is 5.84 Å². The molecule has 0 amide bonds. The van der Waals surface area contributed by atoms with Crippen molar-refractivity contribution in [2.24, 2.45) is 5.84 Å². The molecule has 1 aromatic heterocycles. The minimum atomic E-state index is 0.358. The van der Waals surface area contributed by atoms with Crippen LogP contribution in [-0.2, 0) is 4.74 Å². The van der Waals surface area contributed by atoms with Crippen molar-refractivity contribution in [3.05, 3.63) is 0 Å². The molecule has 0 aromatic carbocycles. The Bertz CT molecular complexity index is 383. The molecular weight excluding hydrogens is 246 g/mol. The average Bonchev–Trinajstić information content (AvgIpc) is 2.45. The molecule has 1 heterocycles. The number of likely N-dealkylation sites (N-methyl/N-ethyl adjacent to an activating group) is 1. The molecule has 0 aliphatic rings. The lowest BCUT2D eigenvalue weighted by molar-refractivity contribution is 0.206. The zero-order chi connectivity index (χ0) is 14.3. The van der Waals surface area contributed by atoms with E-state index in [1.165, 1.54) is 0 Å². The van der Waals surface area contributed by atoms with Crippen LogP contribution in [0, 0.1) is 0 Å². The second kappa shape index (κ2) is 7.70. The average molecular weight is 269 g/mol. The van der Waals surface area contributed by atoms with Crippen LogP contribution in [0.15, 0.2) is 0 Å². The van der Waals surface area contributed by atoms with Crippen molar-refractivity contribution in [1.29, 1.82) is 0 Å². The fourth-order valence-corrected chi connectivity index (χ4v) is 1.57. The van der Waals surface area contributed by atoms with Gasteiger partial charge >= 0.3 is 0 Å².